The molecular formula is C17H29NO4. The lowest BCUT2D eigenvalue weighted by atomic mass is 10.0. The number of methoxy groups -OCH3 is 1. The van der Waals surface area contributed by atoms with Crippen molar-refractivity contribution in [2.24, 2.45) is 5.92 Å². The first-order chi connectivity index (χ1) is 10.6. The minimum absolute atomic E-state index is 0.0696. The highest BCUT2D eigenvalue weighted by molar-refractivity contribution is 5.82. The van der Waals surface area contributed by atoms with Crippen LogP contribution in [0.3, 0.4) is 0 Å². The van der Waals surface area contributed by atoms with E-state index in [0.29, 0.717) is 13.2 Å². The summed E-state index contributed by atoms with van der Waals surface area (Å²) >= 11 is 0. The average Bonchev–Trinajstić information content (AvgIpc) is 2.94. The molecule has 5 heteroatoms. The van der Waals surface area contributed by atoms with Gasteiger partial charge in [-0.2, -0.15) is 0 Å². The highest BCUT2D eigenvalue weighted by Crippen LogP contribution is 2.25. The van der Waals surface area contributed by atoms with Crippen molar-refractivity contribution >= 4 is 11.9 Å². The molecule has 0 aromatic rings. The highest BCUT2D eigenvalue weighted by atomic mass is 16.5. The van der Waals surface area contributed by atoms with Gasteiger partial charge < -0.3 is 14.4 Å². The zero-order valence-corrected chi connectivity index (χ0v) is 13.9. The predicted molar refractivity (Wildman–Crippen MR) is 83.4 cm³/mol. The molecule has 2 rings (SSSR count). The van der Waals surface area contributed by atoms with Crippen molar-refractivity contribution in [2.75, 3.05) is 20.3 Å². The van der Waals surface area contributed by atoms with Crippen molar-refractivity contribution in [2.45, 2.75) is 70.4 Å². The van der Waals surface area contributed by atoms with E-state index in [1.165, 1.54) is 20.0 Å². The van der Waals surface area contributed by atoms with Crippen LogP contribution < -0.4 is 0 Å². The third-order valence-corrected chi connectivity index (χ3v) is 4.83. The van der Waals surface area contributed by atoms with Crippen molar-refractivity contribution in [3.63, 3.8) is 0 Å². The van der Waals surface area contributed by atoms with Gasteiger partial charge in [0, 0.05) is 19.2 Å². The first kappa shape index (κ1) is 17.3. The smallest absolute Gasteiger partial charge is 0.310 e. The van der Waals surface area contributed by atoms with E-state index in [1.807, 2.05) is 11.8 Å². The zero-order valence-electron chi connectivity index (χ0n) is 13.9. The number of amides is 1. The Hall–Kier alpha value is -1.10. The number of hydrogen-bond acceptors (Lipinski definition) is 4. The molecule has 0 radical (unpaired) electrons. The average molecular weight is 311 g/mol. The lowest BCUT2D eigenvalue weighted by Crippen LogP contribution is -2.48. The maximum absolute atomic E-state index is 12.9. The Morgan fingerprint density at radius 2 is 1.82 bits per heavy atom. The third kappa shape index (κ3) is 4.45. The molecule has 2 atom stereocenters. The van der Waals surface area contributed by atoms with Crippen LogP contribution in [0.1, 0.15) is 58.3 Å². The molecule has 5 nitrogen and oxygen atoms in total. The molecule has 1 saturated heterocycles. The molecule has 0 bridgehead atoms. The minimum atomic E-state index is -0.312. The van der Waals surface area contributed by atoms with Gasteiger partial charge in [0.25, 0.3) is 5.91 Å². The zero-order chi connectivity index (χ0) is 15.9. The Bertz CT molecular complexity index is 371. The summed E-state index contributed by atoms with van der Waals surface area (Å²) in [6.07, 6.45) is 8.30. The van der Waals surface area contributed by atoms with Gasteiger partial charge in [-0.25, -0.2) is 0 Å². The van der Waals surface area contributed by atoms with Gasteiger partial charge in [0.05, 0.1) is 13.0 Å². The lowest BCUT2D eigenvalue weighted by Gasteiger charge is -2.34. The molecule has 1 heterocycles. The van der Waals surface area contributed by atoms with Gasteiger partial charge in [-0.05, 0) is 25.7 Å². The minimum Gasteiger partial charge on any atom is -0.469 e. The van der Waals surface area contributed by atoms with E-state index in [2.05, 4.69) is 0 Å². The molecule has 1 saturated carbocycles. The molecule has 22 heavy (non-hydrogen) atoms. The van der Waals surface area contributed by atoms with Gasteiger partial charge in [0.1, 0.15) is 6.10 Å². The molecule has 1 amide bonds. The van der Waals surface area contributed by atoms with Gasteiger partial charge in [0.15, 0.2) is 0 Å². The van der Waals surface area contributed by atoms with Crippen molar-refractivity contribution < 1.29 is 19.1 Å². The van der Waals surface area contributed by atoms with E-state index >= 15 is 0 Å². The summed E-state index contributed by atoms with van der Waals surface area (Å²) in [6.45, 7) is 2.94. The highest BCUT2D eigenvalue weighted by Gasteiger charge is 2.34. The topological polar surface area (TPSA) is 55.8 Å². The number of rotatable bonds is 5. The van der Waals surface area contributed by atoms with E-state index in [4.69, 9.17) is 9.47 Å². The molecule has 1 aliphatic heterocycles. The second-order valence-electron chi connectivity index (χ2n) is 6.56. The Labute approximate surface area is 133 Å². The van der Waals surface area contributed by atoms with Crippen LogP contribution in [0.4, 0.5) is 0 Å². The van der Waals surface area contributed by atoms with Crippen molar-refractivity contribution in [1.82, 2.24) is 4.90 Å². The fraction of sp³-hybridized carbons (Fsp3) is 0.882. The van der Waals surface area contributed by atoms with Gasteiger partial charge in [0.2, 0.25) is 0 Å². The standard InChI is InChI=1S/C17H29NO4/c1-13(17(20)21-2)12-18(14-8-5-3-4-6-9-14)16(19)15-10-7-11-22-15/h13-15H,3-12H2,1-2H3. The molecule has 0 aromatic carbocycles. The van der Waals surface area contributed by atoms with Gasteiger partial charge in [-0.3, -0.25) is 9.59 Å². The van der Waals surface area contributed by atoms with Crippen LogP contribution in [0, 0.1) is 5.92 Å². The van der Waals surface area contributed by atoms with Crippen molar-refractivity contribution in [1.29, 1.82) is 0 Å². The van der Waals surface area contributed by atoms with Crippen LogP contribution in [0.15, 0.2) is 0 Å². The van der Waals surface area contributed by atoms with E-state index in [1.54, 1.807) is 0 Å². The number of carbonyl (C=O) groups excluding carboxylic acids is 2. The monoisotopic (exact) mass is 311 g/mol. The van der Waals surface area contributed by atoms with Crippen LogP contribution in [0.5, 0.6) is 0 Å². The Kier molecular flexibility index (Phi) is 6.68. The van der Waals surface area contributed by atoms with E-state index in [0.717, 1.165) is 38.5 Å². The quantitative estimate of drug-likeness (QED) is 0.578. The van der Waals surface area contributed by atoms with Crippen molar-refractivity contribution in [3.8, 4) is 0 Å². The van der Waals surface area contributed by atoms with Gasteiger partial charge in [-0.1, -0.05) is 32.6 Å². The number of hydrogen-bond donors (Lipinski definition) is 0. The first-order valence-corrected chi connectivity index (χ1v) is 8.63. The SMILES string of the molecule is COC(=O)C(C)CN(C(=O)C1CCCO1)C1CCCCCC1. The molecule has 0 aromatic heterocycles. The summed E-state index contributed by atoms with van der Waals surface area (Å²) in [6, 6.07) is 0.242. The van der Waals surface area contributed by atoms with E-state index < -0.39 is 0 Å². The van der Waals surface area contributed by atoms with Crippen LogP contribution >= 0.6 is 0 Å². The number of nitrogens with zero attached hydrogens (tertiary/aromatic N) is 1. The fourth-order valence-electron chi connectivity index (χ4n) is 3.52. The third-order valence-electron chi connectivity index (χ3n) is 4.83. The van der Waals surface area contributed by atoms with Gasteiger partial charge >= 0.3 is 5.97 Å². The molecule has 1 aliphatic carbocycles. The van der Waals surface area contributed by atoms with Crippen LogP contribution in [0.25, 0.3) is 0 Å². The molecule has 0 N–H and O–H groups in total. The Morgan fingerprint density at radius 3 is 2.36 bits per heavy atom. The second kappa shape index (κ2) is 8.51. The fourth-order valence-corrected chi connectivity index (χ4v) is 3.52. The van der Waals surface area contributed by atoms with Crippen LogP contribution in [0.2, 0.25) is 0 Å². The molecule has 126 valence electrons. The summed E-state index contributed by atoms with van der Waals surface area (Å²) in [7, 11) is 1.40. The summed E-state index contributed by atoms with van der Waals surface area (Å²) in [5, 5.41) is 0. The molecule has 0 spiro atoms. The summed E-state index contributed by atoms with van der Waals surface area (Å²) in [4.78, 5) is 26.5. The van der Waals surface area contributed by atoms with Crippen LogP contribution in [-0.4, -0.2) is 49.2 Å². The molecular weight excluding hydrogens is 282 g/mol. The summed E-state index contributed by atoms with van der Waals surface area (Å²) in [5.74, 6) is -0.475. The number of carbonyl (C=O) groups is 2. The first-order valence-electron chi connectivity index (χ1n) is 8.63. The normalized spacial score (nSPS) is 24.5. The molecule has 2 fully saturated rings. The van der Waals surface area contributed by atoms with Gasteiger partial charge in [-0.15, -0.1) is 0 Å². The Balaban J connectivity index is 2.07. The maximum atomic E-state index is 12.9. The second-order valence-corrected chi connectivity index (χ2v) is 6.56. The van der Waals surface area contributed by atoms with Crippen LogP contribution in [-0.2, 0) is 19.1 Å². The van der Waals surface area contributed by atoms with E-state index in [-0.39, 0.29) is 29.9 Å². The number of esters is 1. The Morgan fingerprint density at radius 1 is 1.14 bits per heavy atom. The number of ether oxygens (including phenoxy) is 2. The molecule has 2 aliphatic rings. The largest absolute Gasteiger partial charge is 0.469 e. The summed E-state index contributed by atoms with van der Waals surface area (Å²) in [5.41, 5.74) is 0. The van der Waals surface area contributed by atoms with E-state index in [9.17, 15) is 9.59 Å². The summed E-state index contributed by atoms with van der Waals surface area (Å²) < 4.78 is 10.4. The lowest BCUT2D eigenvalue weighted by molar-refractivity contribution is -0.150. The maximum Gasteiger partial charge on any atom is 0.310 e. The predicted octanol–water partition coefficient (Wildman–Crippen LogP) is 2.53. The van der Waals surface area contributed by atoms with Crippen molar-refractivity contribution in [3.05, 3.63) is 0 Å². The molecule has 2 unspecified atom stereocenters.